The van der Waals surface area contributed by atoms with Crippen LogP contribution in [-0.2, 0) is 6.54 Å². The van der Waals surface area contributed by atoms with Crippen molar-refractivity contribution in [2.75, 3.05) is 31.1 Å². The average Bonchev–Trinajstić information content (AvgIpc) is 3.18. The monoisotopic (exact) mass is 421 g/mol. The van der Waals surface area contributed by atoms with E-state index in [0.717, 1.165) is 65.2 Å². The fourth-order valence-electron chi connectivity index (χ4n) is 3.70. The van der Waals surface area contributed by atoms with Crippen LogP contribution in [0, 0.1) is 0 Å². The summed E-state index contributed by atoms with van der Waals surface area (Å²) in [4.78, 5) is 20.1. The highest BCUT2D eigenvalue weighted by atomic mass is 35.5. The van der Waals surface area contributed by atoms with Crippen molar-refractivity contribution < 1.29 is 0 Å². The topological polar surface area (TPSA) is 45.2 Å². The predicted molar refractivity (Wildman–Crippen MR) is 120 cm³/mol. The maximum Gasteiger partial charge on any atom is 0.163 e. The van der Waals surface area contributed by atoms with Crippen LogP contribution in [0.25, 0.3) is 22.3 Å². The first kappa shape index (κ1) is 18.5. The van der Waals surface area contributed by atoms with E-state index < -0.39 is 0 Å². The number of pyridine rings is 1. The molecule has 1 saturated heterocycles. The van der Waals surface area contributed by atoms with Gasteiger partial charge in [-0.1, -0.05) is 23.7 Å². The van der Waals surface area contributed by atoms with Gasteiger partial charge in [0, 0.05) is 60.9 Å². The normalized spacial score (nSPS) is 15.1. The third kappa shape index (κ3) is 3.96. The van der Waals surface area contributed by atoms with Crippen molar-refractivity contribution in [1.29, 1.82) is 0 Å². The van der Waals surface area contributed by atoms with Crippen LogP contribution in [-0.4, -0.2) is 46.0 Å². The Labute approximate surface area is 178 Å². The third-order valence-corrected chi connectivity index (χ3v) is 6.40. The van der Waals surface area contributed by atoms with Gasteiger partial charge in [-0.25, -0.2) is 9.97 Å². The summed E-state index contributed by atoms with van der Waals surface area (Å²) in [6, 6.07) is 16.3. The molecular formula is C22H20ClN5S. The SMILES string of the molecule is Clc1ccc(CN2CCN(c3nc(-c4cccnc4)nc4ccccc34)CC2)s1. The molecule has 3 aromatic heterocycles. The Morgan fingerprint density at radius 2 is 1.79 bits per heavy atom. The number of piperazine rings is 1. The maximum absolute atomic E-state index is 6.08. The summed E-state index contributed by atoms with van der Waals surface area (Å²) in [6.07, 6.45) is 3.59. The molecule has 0 radical (unpaired) electrons. The first-order valence-electron chi connectivity index (χ1n) is 9.65. The highest BCUT2D eigenvalue weighted by Crippen LogP contribution is 2.29. The van der Waals surface area contributed by atoms with Crippen molar-refractivity contribution in [3.63, 3.8) is 0 Å². The van der Waals surface area contributed by atoms with Gasteiger partial charge >= 0.3 is 0 Å². The lowest BCUT2D eigenvalue weighted by Gasteiger charge is -2.35. The Balaban J connectivity index is 1.41. The number of halogens is 1. The zero-order valence-corrected chi connectivity index (χ0v) is 17.4. The number of hydrogen-bond acceptors (Lipinski definition) is 6. The molecule has 0 aliphatic carbocycles. The third-order valence-electron chi connectivity index (χ3n) is 5.18. The Kier molecular flexibility index (Phi) is 5.14. The lowest BCUT2D eigenvalue weighted by molar-refractivity contribution is 0.251. The van der Waals surface area contributed by atoms with E-state index in [0.29, 0.717) is 0 Å². The predicted octanol–water partition coefficient (Wildman–Crippen LogP) is 4.73. The van der Waals surface area contributed by atoms with Crippen molar-refractivity contribution in [3.05, 3.63) is 70.1 Å². The van der Waals surface area contributed by atoms with Crippen LogP contribution in [0.2, 0.25) is 4.34 Å². The summed E-state index contributed by atoms with van der Waals surface area (Å²) >= 11 is 7.74. The molecular weight excluding hydrogens is 402 g/mol. The van der Waals surface area contributed by atoms with Gasteiger partial charge in [0.25, 0.3) is 0 Å². The quantitative estimate of drug-likeness (QED) is 0.476. The minimum atomic E-state index is 0.724. The Morgan fingerprint density at radius 3 is 2.55 bits per heavy atom. The molecule has 0 bridgehead atoms. The Bertz CT molecular complexity index is 1120. The van der Waals surface area contributed by atoms with Crippen LogP contribution in [0.1, 0.15) is 4.88 Å². The fourth-order valence-corrected chi connectivity index (χ4v) is 4.83. The highest BCUT2D eigenvalue weighted by Gasteiger charge is 2.21. The number of aromatic nitrogens is 3. The van der Waals surface area contributed by atoms with E-state index in [-0.39, 0.29) is 0 Å². The van der Waals surface area contributed by atoms with Gasteiger partial charge in [-0.2, -0.15) is 0 Å². The molecule has 0 unspecified atom stereocenters. The van der Waals surface area contributed by atoms with Crippen LogP contribution in [0.3, 0.4) is 0 Å². The molecule has 0 spiro atoms. The number of thiophene rings is 1. The molecule has 0 atom stereocenters. The molecule has 0 amide bonds. The standard InChI is InChI=1S/C22H20ClN5S/c23-20-8-7-17(29-20)15-27-10-12-28(13-11-27)22-18-5-1-2-6-19(18)25-21(26-22)16-4-3-9-24-14-16/h1-9,14H,10-13,15H2. The van der Waals surface area contributed by atoms with Crippen molar-refractivity contribution in [3.8, 4) is 11.4 Å². The summed E-state index contributed by atoms with van der Waals surface area (Å²) in [7, 11) is 0. The van der Waals surface area contributed by atoms with Crippen LogP contribution < -0.4 is 4.90 Å². The first-order valence-corrected chi connectivity index (χ1v) is 10.8. The van der Waals surface area contributed by atoms with Gasteiger partial charge in [0.1, 0.15) is 5.82 Å². The molecule has 7 heteroatoms. The van der Waals surface area contributed by atoms with Gasteiger partial charge in [0.05, 0.1) is 9.85 Å². The molecule has 1 fully saturated rings. The molecule has 1 aliphatic rings. The molecule has 1 aromatic carbocycles. The van der Waals surface area contributed by atoms with E-state index in [2.05, 4.69) is 39.0 Å². The minimum Gasteiger partial charge on any atom is -0.353 e. The zero-order chi connectivity index (χ0) is 19.6. The largest absolute Gasteiger partial charge is 0.353 e. The summed E-state index contributed by atoms with van der Waals surface area (Å²) in [5.74, 6) is 1.73. The van der Waals surface area contributed by atoms with Gasteiger partial charge in [0.15, 0.2) is 5.82 Å². The fraction of sp³-hybridized carbons (Fsp3) is 0.227. The maximum atomic E-state index is 6.08. The van der Waals surface area contributed by atoms with Crippen LogP contribution in [0.4, 0.5) is 5.82 Å². The minimum absolute atomic E-state index is 0.724. The van der Waals surface area contributed by atoms with E-state index in [4.69, 9.17) is 21.6 Å². The summed E-state index contributed by atoms with van der Waals surface area (Å²) in [5, 5.41) is 1.10. The van der Waals surface area contributed by atoms with Crippen LogP contribution in [0.15, 0.2) is 60.9 Å². The number of anilines is 1. The molecule has 29 heavy (non-hydrogen) atoms. The summed E-state index contributed by atoms with van der Waals surface area (Å²) in [6.45, 7) is 4.82. The number of hydrogen-bond donors (Lipinski definition) is 0. The van der Waals surface area contributed by atoms with Crippen LogP contribution >= 0.6 is 22.9 Å². The number of para-hydroxylation sites is 1. The van der Waals surface area contributed by atoms with E-state index in [9.17, 15) is 0 Å². The molecule has 5 rings (SSSR count). The second kappa shape index (κ2) is 8.06. The van der Waals surface area contributed by atoms with Crippen molar-refractivity contribution in [2.24, 2.45) is 0 Å². The smallest absolute Gasteiger partial charge is 0.163 e. The summed E-state index contributed by atoms with van der Waals surface area (Å²) in [5.41, 5.74) is 1.90. The summed E-state index contributed by atoms with van der Waals surface area (Å²) < 4.78 is 0.856. The van der Waals surface area contributed by atoms with Gasteiger partial charge < -0.3 is 4.90 Å². The average molecular weight is 422 g/mol. The first-order chi connectivity index (χ1) is 14.3. The lowest BCUT2D eigenvalue weighted by Crippen LogP contribution is -2.46. The van der Waals surface area contributed by atoms with Crippen molar-refractivity contribution in [2.45, 2.75) is 6.54 Å². The van der Waals surface area contributed by atoms with Crippen LogP contribution in [0.5, 0.6) is 0 Å². The van der Waals surface area contributed by atoms with E-state index >= 15 is 0 Å². The number of nitrogens with zero attached hydrogens (tertiary/aromatic N) is 5. The lowest BCUT2D eigenvalue weighted by atomic mass is 10.2. The van der Waals surface area contributed by atoms with Crippen molar-refractivity contribution in [1.82, 2.24) is 19.9 Å². The zero-order valence-electron chi connectivity index (χ0n) is 15.8. The number of benzene rings is 1. The van der Waals surface area contributed by atoms with Gasteiger partial charge in [-0.15, -0.1) is 11.3 Å². The van der Waals surface area contributed by atoms with Crippen molar-refractivity contribution >= 4 is 39.7 Å². The van der Waals surface area contributed by atoms with Gasteiger partial charge in [-0.05, 0) is 36.4 Å². The molecule has 4 aromatic rings. The van der Waals surface area contributed by atoms with Gasteiger partial charge in [-0.3, -0.25) is 9.88 Å². The van der Waals surface area contributed by atoms with E-state index in [1.165, 1.54) is 4.88 Å². The molecule has 4 heterocycles. The molecule has 0 N–H and O–H groups in total. The van der Waals surface area contributed by atoms with E-state index in [1.807, 2.05) is 30.5 Å². The molecule has 146 valence electrons. The van der Waals surface area contributed by atoms with E-state index in [1.54, 1.807) is 17.5 Å². The second-order valence-electron chi connectivity index (χ2n) is 7.10. The second-order valence-corrected chi connectivity index (χ2v) is 8.90. The Hall–Kier alpha value is -2.54. The molecule has 0 saturated carbocycles. The number of fused-ring (bicyclic) bond motifs is 1. The molecule has 1 aliphatic heterocycles. The Morgan fingerprint density at radius 1 is 0.931 bits per heavy atom. The van der Waals surface area contributed by atoms with Gasteiger partial charge in [0.2, 0.25) is 0 Å². The number of rotatable bonds is 4. The molecule has 5 nitrogen and oxygen atoms in total. The highest BCUT2D eigenvalue weighted by molar-refractivity contribution is 7.16.